The standard InChI is InChI=1S/C16H17NO2S/c1-12(18)15-11-14(13-5-3-2-4-6-13)16(20-15)17-7-9-19-10-8-17/h2-6,11H,7-10H2,1H3. The van der Waals surface area contributed by atoms with Crippen LogP contribution in [0.15, 0.2) is 36.4 Å². The highest BCUT2D eigenvalue weighted by Crippen LogP contribution is 2.39. The van der Waals surface area contributed by atoms with Gasteiger partial charge < -0.3 is 9.64 Å². The Balaban J connectivity index is 2.04. The first-order valence-corrected chi connectivity index (χ1v) is 7.60. The number of nitrogens with zero attached hydrogens (tertiary/aromatic N) is 1. The predicted octanol–water partition coefficient (Wildman–Crippen LogP) is 3.45. The van der Waals surface area contributed by atoms with E-state index in [0.29, 0.717) is 0 Å². The molecule has 0 aliphatic carbocycles. The van der Waals surface area contributed by atoms with Gasteiger partial charge in [-0.1, -0.05) is 30.3 Å². The third-order valence-corrected chi connectivity index (χ3v) is 4.74. The molecule has 0 unspecified atom stereocenters. The summed E-state index contributed by atoms with van der Waals surface area (Å²) in [6, 6.07) is 12.3. The van der Waals surface area contributed by atoms with E-state index in [1.807, 2.05) is 24.3 Å². The monoisotopic (exact) mass is 287 g/mol. The summed E-state index contributed by atoms with van der Waals surface area (Å²) in [4.78, 5) is 14.8. The Morgan fingerprint density at radius 3 is 2.55 bits per heavy atom. The van der Waals surface area contributed by atoms with Crippen molar-refractivity contribution in [2.24, 2.45) is 0 Å². The van der Waals surface area contributed by atoms with Crippen molar-refractivity contribution in [2.75, 3.05) is 31.2 Å². The lowest BCUT2D eigenvalue weighted by Gasteiger charge is -2.28. The molecule has 2 aromatic rings. The molecule has 4 heteroatoms. The van der Waals surface area contributed by atoms with E-state index in [9.17, 15) is 4.79 Å². The van der Waals surface area contributed by atoms with Gasteiger partial charge in [0.25, 0.3) is 0 Å². The highest BCUT2D eigenvalue weighted by molar-refractivity contribution is 7.18. The van der Waals surface area contributed by atoms with Crippen molar-refractivity contribution in [1.29, 1.82) is 0 Å². The van der Waals surface area contributed by atoms with Crippen molar-refractivity contribution in [1.82, 2.24) is 0 Å². The smallest absolute Gasteiger partial charge is 0.169 e. The number of ketones is 1. The zero-order valence-electron chi connectivity index (χ0n) is 11.5. The first-order valence-electron chi connectivity index (χ1n) is 6.78. The van der Waals surface area contributed by atoms with E-state index < -0.39 is 0 Å². The van der Waals surface area contributed by atoms with Gasteiger partial charge in [-0.3, -0.25) is 4.79 Å². The SMILES string of the molecule is CC(=O)c1cc(-c2ccccc2)c(N2CCOCC2)s1. The van der Waals surface area contributed by atoms with Crippen LogP contribution in [0, 0.1) is 0 Å². The fraction of sp³-hybridized carbons (Fsp3) is 0.312. The van der Waals surface area contributed by atoms with Gasteiger partial charge in [0.15, 0.2) is 5.78 Å². The molecule has 0 amide bonds. The maximum Gasteiger partial charge on any atom is 0.169 e. The number of morpholine rings is 1. The third-order valence-electron chi connectivity index (χ3n) is 3.44. The van der Waals surface area contributed by atoms with Gasteiger partial charge in [0.1, 0.15) is 0 Å². The van der Waals surface area contributed by atoms with Gasteiger partial charge in [-0.15, -0.1) is 11.3 Å². The number of thiophene rings is 1. The lowest BCUT2D eigenvalue weighted by Crippen LogP contribution is -2.35. The molecule has 1 saturated heterocycles. The Kier molecular flexibility index (Phi) is 3.85. The molecule has 0 N–H and O–H groups in total. The summed E-state index contributed by atoms with van der Waals surface area (Å²) < 4.78 is 5.42. The van der Waals surface area contributed by atoms with Gasteiger partial charge in [0, 0.05) is 18.7 Å². The molecule has 1 aliphatic heterocycles. The zero-order chi connectivity index (χ0) is 13.9. The number of Topliss-reactive ketones (excluding diaryl/α,β-unsaturated/α-hetero) is 1. The van der Waals surface area contributed by atoms with Crippen LogP contribution in [0.4, 0.5) is 5.00 Å². The largest absolute Gasteiger partial charge is 0.378 e. The molecule has 2 heterocycles. The molecule has 0 spiro atoms. The van der Waals surface area contributed by atoms with E-state index in [-0.39, 0.29) is 5.78 Å². The quantitative estimate of drug-likeness (QED) is 0.810. The lowest BCUT2D eigenvalue weighted by molar-refractivity contribution is 0.102. The molecule has 1 aromatic carbocycles. The van der Waals surface area contributed by atoms with Crippen LogP contribution in [-0.2, 0) is 4.74 Å². The molecule has 3 rings (SSSR count). The number of ether oxygens (including phenoxy) is 1. The van der Waals surface area contributed by atoms with Gasteiger partial charge >= 0.3 is 0 Å². The number of hydrogen-bond acceptors (Lipinski definition) is 4. The number of anilines is 1. The summed E-state index contributed by atoms with van der Waals surface area (Å²) in [6.45, 7) is 4.90. The van der Waals surface area contributed by atoms with Crippen LogP contribution in [0.2, 0.25) is 0 Å². The number of carbonyl (C=O) groups excluding carboxylic acids is 1. The van der Waals surface area contributed by atoms with E-state index in [1.165, 1.54) is 5.00 Å². The van der Waals surface area contributed by atoms with E-state index in [4.69, 9.17) is 4.74 Å². The highest BCUT2D eigenvalue weighted by Gasteiger charge is 2.20. The minimum atomic E-state index is 0.131. The Labute approximate surface area is 122 Å². The summed E-state index contributed by atoms with van der Waals surface area (Å²) in [7, 11) is 0. The number of carbonyl (C=O) groups is 1. The molecule has 3 nitrogen and oxygen atoms in total. The molecule has 20 heavy (non-hydrogen) atoms. The summed E-state index contributed by atoms with van der Waals surface area (Å²) in [5.41, 5.74) is 2.32. The van der Waals surface area contributed by atoms with Crippen LogP contribution in [0.3, 0.4) is 0 Å². The Bertz CT molecular complexity index is 600. The van der Waals surface area contributed by atoms with E-state index in [1.54, 1.807) is 18.3 Å². The average molecular weight is 287 g/mol. The molecule has 0 atom stereocenters. The molecule has 104 valence electrons. The lowest BCUT2D eigenvalue weighted by atomic mass is 10.1. The molecule has 1 fully saturated rings. The molecule has 1 aromatic heterocycles. The predicted molar refractivity (Wildman–Crippen MR) is 82.8 cm³/mol. The molecule has 0 saturated carbocycles. The Morgan fingerprint density at radius 2 is 1.90 bits per heavy atom. The van der Waals surface area contributed by atoms with Crippen molar-refractivity contribution in [2.45, 2.75) is 6.92 Å². The summed E-state index contributed by atoms with van der Waals surface area (Å²) in [6.07, 6.45) is 0. The second kappa shape index (κ2) is 5.77. The number of rotatable bonds is 3. The second-order valence-electron chi connectivity index (χ2n) is 4.85. The van der Waals surface area contributed by atoms with Crippen molar-refractivity contribution >= 4 is 22.1 Å². The number of benzene rings is 1. The first kappa shape index (κ1) is 13.3. The van der Waals surface area contributed by atoms with Crippen LogP contribution in [0.5, 0.6) is 0 Å². The summed E-state index contributed by atoms with van der Waals surface area (Å²) >= 11 is 1.59. The van der Waals surface area contributed by atoms with Crippen LogP contribution < -0.4 is 4.90 Å². The molecular formula is C16H17NO2S. The molecule has 1 aliphatic rings. The average Bonchev–Trinajstić information content (AvgIpc) is 2.94. The van der Waals surface area contributed by atoms with Crippen LogP contribution in [0.1, 0.15) is 16.6 Å². The molecule has 0 radical (unpaired) electrons. The van der Waals surface area contributed by atoms with Crippen molar-refractivity contribution in [3.8, 4) is 11.1 Å². The van der Waals surface area contributed by atoms with E-state index in [2.05, 4.69) is 17.0 Å². The van der Waals surface area contributed by atoms with Gasteiger partial charge in [-0.2, -0.15) is 0 Å². The minimum Gasteiger partial charge on any atom is -0.378 e. The van der Waals surface area contributed by atoms with E-state index in [0.717, 1.165) is 42.3 Å². The minimum absolute atomic E-state index is 0.131. The van der Waals surface area contributed by atoms with Crippen molar-refractivity contribution < 1.29 is 9.53 Å². The fourth-order valence-electron chi connectivity index (χ4n) is 2.38. The van der Waals surface area contributed by atoms with Gasteiger partial charge in [-0.25, -0.2) is 0 Å². The second-order valence-corrected chi connectivity index (χ2v) is 5.88. The van der Waals surface area contributed by atoms with Gasteiger partial charge in [0.2, 0.25) is 0 Å². The normalized spacial score (nSPS) is 15.3. The van der Waals surface area contributed by atoms with Crippen LogP contribution >= 0.6 is 11.3 Å². The van der Waals surface area contributed by atoms with Crippen molar-refractivity contribution in [3.05, 3.63) is 41.3 Å². The van der Waals surface area contributed by atoms with Gasteiger partial charge in [0.05, 0.1) is 23.1 Å². The summed E-state index contributed by atoms with van der Waals surface area (Å²) in [5, 5.41) is 1.18. The fourth-order valence-corrected chi connectivity index (χ4v) is 3.51. The maximum atomic E-state index is 11.7. The molecular weight excluding hydrogens is 270 g/mol. The Morgan fingerprint density at radius 1 is 1.20 bits per heavy atom. The third kappa shape index (κ3) is 2.62. The molecule has 0 bridgehead atoms. The zero-order valence-corrected chi connectivity index (χ0v) is 12.3. The van der Waals surface area contributed by atoms with Gasteiger partial charge in [-0.05, 0) is 18.6 Å². The highest BCUT2D eigenvalue weighted by atomic mass is 32.1. The number of hydrogen-bond donors (Lipinski definition) is 0. The van der Waals surface area contributed by atoms with E-state index >= 15 is 0 Å². The first-order chi connectivity index (χ1) is 9.75. The Hall–Kier alpha value is -1.65. The van der Waals surface area contributed by atoms with Crippen LogP contribution in [0.25, 0.3) is 11.1 Å². The maximum absolute atomic E-state index is 11.7. The summed E-state index contributed by atoms with van der Waals surface area (Å²) in [5.74, 6) is 0.131. The van der Waals surface area contributed by atoms with Crippen molar-refractivity contribution in [3.63, 3.8) is 0 Å². The van der Waals surface area contributed by atoms with Crippen LogP contribution in [-0.4, -0.2) is 32.1 Å². The topological polar surface area (TPSA) is 29.5 Å².